The summed E-state index contributed by atoms with van der Waals surface area (Å²) in [5.41, 5.74) is 4.55. The lowest BCUT2D eigenvalue weighted by Crippen LogP contribution is -2.33. The lowest BCUT2D eigenvalue weighted by Gasteiger charge is -2.33. The van der Waals surface area contributed by atoms with E-state index in [1.807, 2.05) is 10.9 Å². The van der Waals surface area contributed by atoms with Crippen LogP contribution in [0, 0.1) is 35.5 Å². The zero-order chi connectivity index (χ0) is 28.5. The van der Waals surface area contributed by atoms with Crippen LogP contribution in [0.4, 0.5) is 0 Å². The Labute approximate surface area is 252 Å². The summed E-state index contributed by atoms with van der Waals surface area (Å²) in [7, 11) is 0. The van der Waals surface area contributed by atoms with E-state index in [2.05, 4.69) is 70.4 Å². The molecule has 0 bridgehead atoms. The monoisotopic (exact) mass is 579 g/mol. The van der Waals surface area contributed by atoms with Crippen LogP contribution in [0.15, 0.2) is 67.2 Å². The van der Waals surface area contributed by atoms with Crippen LogP contribution in [0.2, 0.25) is 5.02 Å². The summed E-state index contributed by atoms with van der Waals surface area (Å²) in [5.74, 6) is 2.92. The van der Waals surface area contributed by atoms with E-state index in [-0.39, 0.29) is 16.7 Å². The van der Waals surface area contributed by atoms with Gasteiger partial charge in [-0.05, 0) is 93.7 Å². The molecule has 4 unspecified atom stereocenters. The maximum absolute atomic E-state index is 14.6. The lowest BCUT2D eigenvalue weighted by molar-refractivity contribution is 0.0909. The van der Waals surface area contributed by atoms with Gasteiger partial charge in [0.25, 0.3) is 5.95 Å². The quantitative estimate of drug-likeness (QED) is 0.279. The minimum atomic E-state index is -0.161. The van der Waals surface area contributed by atoms with Gasteiger partial charge in [-0.3, -0.25) is 9.69 Å². The SMILES string of the molecule is Cc1ccc(CN2CCC(c3c(C(=O)C45CC46CC[C@H](C4C=CC=CC4)CC65)cnn3-c3ncc(Cl)cn3)CC2)cc1. The minimum Gasteiger partial charge on any atom is -0.299 e. The van der Waals surface area contributed by atoms with Crippen LogP contribution in [-0.4, -0.2) is 43.5 Å². The predicted molar refractivity (Wildman–Crippen MR) is 164 cm³/mol. The highest BCUT2D eigenvalue weighted by atomic mass is 35.5. The molecule has 7 heteroatoms. The van der Waals surface area contributed by atoms with Crippen LogP contribution < -0.4 is 0 Å². The number of ketones is 1. The Morgan fingerprint density at radius 2 is 1.83 bits per heavy atom. The summed E-state index contributed by atoms with van der Waals surface area (Å²) in [6.07, 6.45) is 21.9. The van der Waals surface area contributed by atoms with Crippen LogP contribution in [0.1, 0.15) is 78.0 Å². The Kier molecular flexibility index (Phi) is 6.31. The molecule has 4 fully saturated rings. The molecular formula is C35H38ClN5O. The molecular weight excluding hydrogens is 542 g/mol. The fourth-order valence-corrected chi connectivity index (χ4v) is 9.06. The summed E-state index contributed by atoms with van der Waals surface area (Å²) in [4.78, 5) is 26.1. The van der Waals surface area contributed by atoms with Gasteiger partial charge in [0.05, 0.1) is 34.9 Å². The number of Topliss-reactive ketones (excluding diaryl/α,β-unsaturated/α-hetero) is 1. The molecule has 0 amide bonds. The molecule has 3 saturated carbocycles. The molecule has 216 valence electrons. The molecule has 6 nitrogen and oxygen atoms in total. The van der Waals surface area contributed by atoms with Crippen molar-refractivity contribution >= 4 is 17.4 Å². The van der Waals surface area contributed by atoms with Gasteiger partial charge in [-0.15, -0.1) is 0 Å². The molecule has 1 saturated heterocycles. The second kappa shape index (κ2) is 9.99. The third-order valence-electron chi connectivity index (χ3n) is 11.4. The molecule has 0 N–H and O–H groups in total. The van der Waals surface area contributed by atoms with Gasteiger partial charge in [0.2, 0.25) is 0 Å². The number of likely N-dealkylation sites (tertiary alicyclic amines) is 1. The second-order valence-corrected chi connectivity index (χ2v) is 14.0. The average molecular weight is 580 g/mol. The standard InChI is InChI=1S/C35H38ClN5O/c1-23-7-9-24(10-8-23)21-40-15-12-26(13-16-40)31-29(20-39-41(31)33-37-18-28(36)19-38-33)32(42)35-22-34(35)14-11-27(17-30(34)35)25-5-3-2-4-6-25/h2-5,7-10,18-20,25-27,30H,6,11-17,21-22H2,1H3/t25?,27-,30?,34?,35?/m0/s1. The Bertz CT molecular complexity index is 1570. The summed E-state index contributed by atoms with van der Waals surface area (Å²) in [6, 6.07) is 8.85. The van der Waals surface area contributed by atoms with Gasteiger partial charge in [0.15, 0.2) is 5.78 Å². The molecule has 1 aliphatic heterocycles. The van der Waals surface area contributed by atoms with E-state index in [9.17, 15) is 4.79 Å². The molecule has 1 aromatic carbocycles. The summed E-state index contributed by atoms with van der Waals surface area (Å²) in [5, 5.41) is 5.26. The Morgan fingerprint density at radius 1 is 1.05 bits per heavy atom. The molecule has 3 aromatic rings. The number of piperidine rings is 1. The number of benzene rings is 1. The maximum Gasteiger partial charge on any atom is 0.250 e. The smallest absolute Gasteiger partial charge is 0.250 e. The van der Waals surface area contributed by atoms with Crippen molar-refractivity contribution in [3.63, 3.8) is 0 Å². The van der Waals surface area contributed by atoms with E-state index in [1.165, 1.54) is 30.4 Å². The lowest BCUT2D eigenvalue weighted by atomic mass is 9.73. The topological polar surface area (TPSA) is 63.9 Å². The number of aromatic nitrogens is 4. The van der Waals surface area contributed by atoms with Crippen LogP contribution in [0.3, 0.4) is 0 Å². The van der Waals surface area contributed by atoms with Crippen molar-refractivity contribution in [2.45, 2.75) is 64.3 Å². The number of fused-ring (bicyclic) bond motifs is 1. The average Bonchev–Trinajstić information content (AvgIpc) is 3.77. The largest absolute Gasteiger partial charge is 0.299 e. The first kappa shape index (κ1) is 26.5. The number of aryl methyl sites for hydroxylation is 1. The molecule has 5 atom stereocenters. The minimum absolute atomic E-state index is 0.161. The number of hydrogen-bond donors (Lipinski definition) is 0. The number of carbonyl (C=O) groups is 1. The van der Waals surface area contributed by atoms with Crippen LogP contribution in [0.5, 0.6) is 0 Å². The van der Waals surface area contributed by atoms with Crippen molar-refractivity contribution in [2.24, 2.45) is 28.6 Å². The number of nitrogens with zero attached hydrogens (tertiary/aromatic N) is 5. The molecule has 8 rings (SSSR count). The third-order valence-corrected chi connectivity index (χ3v) is 11.6. The third kappa shape index (κ3) is 4.16. The van der Waals surface area contributed by atoms with Crippen LogP contribution >= 0.6 is 11.6 Å². The zero-order valence-electron chi connectivity index (χ0n) is 24.3. The van der Waals surface area contributed by atoms with Gasteiger partial charge in [-0.25, -0.2) is 14.6 Å². The van der Waals surface area contributed by atoms with Crippen molar-refractivity contribution in [1.82, 2.24) is 24.6 Å². The first-order valence-electron chi connectivity index (χ1n) is 15.7. The van der Waals surface area contributed by atoms with Crippen molar-refractivity contribution in [2.75, 3.05) is 13.1 Å². The van der Waals surface area contributed by atoms with Crippen molar-refractivity contribution in [1.29, 1.82) is 0 Å². The van der Waals surface area contributed by atoms with Gasteiger partial charge < -0.3 is 0 Å². The van der Waals surface area contributed by atoms with Gasteiger partial charge in [-0.2, -0.15) is 5.10 Å². The van der Waals surface area contributed by atoms with E-state index in [1.54, 1.807) is 12.4 Å². The predicted octanol–water partition coefficient (Wildman–Crippen LogP) is 7.13. The fourth-order valence-electron chi connectivity index (χ4n) is 8.97. The molecule has 3 heterocycles. The Balaban J connectivity index is 1.05. The van der Waals surface area contributed by atoms with E-state index in [0.29, 0.717) is 34.5 Å². The van der Waals surface area contributed by atoms with Crippen molar-refractivity contribution in [3.8, 4) is 5.95 Å². The van der Waals surface area contributed by atoms with Gasteiger partial charge in [0.1, 0.15) is 0 Å². The molecule has 2 aromatic heterocycles. The Hall–Kier alpha value is -3.09. The number of carbonyl (C=O) groups excluding carboxylic acids is 1. The highest BCUT2D eigenvalue weighted by molar-refractivity contribution is 6.30. The number of hydrogen-bond acceptors (Lipinski definition) is 5. The van der Waals surface area contributed by atoms with Crippen molar-refractivity contribution in [3.05, 3.63) is 94.6 Å². The van der Waals surface area contributed by atoms with E-state index in [0.717, 1.165) is 56.6 Å². The zero-order valence-corrected chi connectivity index (χ0v) is 25.0. The van der Waals surface area contributed by atoms with E-state index < -0.39 is 0 Å². The number of halogens is 1. The number of allylic oxidation sites excluding steroid dienone is 4. The summed E-state index contributed by atoms with van der Waals surface area (Å²) >= 11 is 6.12. The fraction of sp³-hybridized carbons (Fsp3) is 0.486. The summed E-state index contributed by atoms with van der Waals surface area (Å²) in [6.45, 7) is 5.06. The van der Waals surface area contributed by atoms with Crippen LogP contribution in [-0.2, 0) is 6.54 Å². The first-order valence-corrected chi connectivity index (χ1v) is 16.1. The highest BCUT2D eigenvalue weighted by Crippen LogP contribution is 2.95. The molecule has 4 aliphatic carbocycles. The normalized spacial score (nSPS) is 31.9. The Morgan fingerprint density at radius 3 is 2.57 bits per heavy atom. The first-order chi connectivity index (χ1) is 20.5. The number of rotatable bonds is 7. The molecule has 1 spiro atoms. The van der Waals surface area contributed by atoms with Gasteiger partial charge in [0, 0.05) is 17.9 Å². The summed E-state index contributed by atoms with van der Waals surface area (Å²) < 4.78 is 1.84. The second-order valence-electron chi connectivity index (χ2n) is 13.5. The van der Waals surface area contributed by atoms with Crippen molar-refractivity contribution < 1.29 is 4.79 Å². The highest BCUT2D eigenvalue weighted by Gasteiger charge is 2.93. The van der Waals surface area contributed by atoms with Crippen LogP contribution in [0.25, 0.3) is 5.95 Å². The van der Waals surface area contributed by atoms with Gasteiger partial charge in [-0.1, -0.05) is 65.7 Å². The maximum atomic E-state index is 14.6. The molecule has 42 heavy (non-hydrogen) atoms. The van der Waals surface area contributed by atoms with E-state index in [4.69, 9.17) is 16.7 Å². The molecule has 0 radical (unpaired) electrons. The van der Waals surface area contributed by atoms with E-state index >= 15 is 0 Å². The molecule has 5 aliphatic rings. The van der Waals surface area contributed by atoms with Gasteiger partial charge >= 0.3 is 0 Å².